The standard InChI is InChI=1S/C32H42ClN7O3/c1-6-26(41)38-18-32(19-38)12-22(13-32)40-21(3)27(28-24-14-34-35-25(24)11-20(2)29(28)33)30(36-40)39-9-8-37(23-15-43-16-23)17-31(39,4)7-10-42-5/h6,11,14,22-23H,1,7-10,12-13,15-19H2,2-5H3,(H,34,35)/t31-/m0/s1. The number of nitrogens with one attached hydrogen (secondary N) is 1. The van der Waals surface area contributed by atoms with Gasteiger partial charge in [-0.2, -0.15) is 10.2 Å². The van der Waals surface area contributed by atoms with Crippen molar-refractivity contribution in [3.63, 3.8) is 0 Å². The van der Waals surface area contributed by atoms with E-state index in [9.17, 15) is 4.79 Å². The Kier molecular flexibility index (Phi) is 7.11. The smallest absolute Gasteiger partial charge is 0.245 e. The molecule has 0 radical (unpaired) electrons. The van der Waals surface area contributed by atoms with Gasteiger partial charge in [0.1, 0.15) is 0 Å². The van der Waals surface area contributed by atoms with Crippen LogP contribution in [0.3, 0.4) is 0 Å². The Morgan fingerprint density at radius 2 is 1.98 bits per heavy atom. The van der Waals surface area contributed by atoms with E-state index in [0.717, 1.165) is 109 Å². The first-order valence-corrected chi connectivity index (χ1v) is 15.8. The molecule has 1 amide bonds. The van der Waals surface area contributed by atoms with Crippen molar-refractivity contribution >= 4 is 34.2 Å². The van der Waals surface area contributed by atoms with Crippen LogP contribution in [0.2, 0.25) is 5.02 Å². The summed E-state index contributed by atoms with van der Waals surface area (Å²) >= 11 is 7.18. The molecule has 1 aliphatic carbocycles. The normalized spacial score (nSPS) is 24.3. The van der Waals surface area contributed by atoms with Gasteiger partial charge >= 0.3 is 0 Å². The zero-order valence-electron chi connectivity index (χ0n) is 25.7. The van der Waals surface area contributed by atoms with Crippen LogP contribution >= 0.6 is 11.6 Å². The molecule has 1 atom stereocenters. The highest BCUT2D eigenvalue weighted by Crippen LogP contribution is 2.56. The zero-order chi connectivity index (χ0) is 30.1. The number of fused-ring (bicyclic) bond motifs is 1. The molecule has 4 aliphatic rings. The number of hydrogen-bond donors (Lipinski definition) is 1. The molecule has 0 bridgehead atoms. The number of benzene rings is 1. The van der Waals surface area contributed by atoms with Crippen molar-refractivity contribution in [2.45, 2.75) is 57.7 Å². The number of carbonyl (C=O) groups is 1. The number of aromatic nitrogens is 4. The SMILES string of the molecule is C=CC(=O)N1CC2(CC(n3nc(N4CCN(C5COC5)C[C@]4(C)CCOC)c(-c4c(Cl)c(C)cc5[nH]ncc45)c3C)C2)C1. The fourth-order valence-corrected chi connectivity index (χ4v) is 8.20. The number of anilines is 1. The van der Waals surface area contributed by atoms with Gasteiger partial charge in [0, 0.05) is 74.1 Å². The van der Waals surface area contributed by atoms with Gasteiger partial charge in [-0.05, 0) is 57.7 Å². The molecule has 7 rings (SSSR count). The lowest BCUT2D eigenvalue weighted by Crippen LogP contribution is -2.66. The number of aryl methyl sites for hydroxylation is 1. The van der Waals surface area contributed by atoms with Crippen molar-refractivity contribution in [3.05, 3.63) is 41.2 Å². The van der Waals surface area contributed by atoms with Gasteiger partial charge in [-0.25, -0.2) is 0 Å². The second-order valence-electron chi connectivity index (χ2n) is 13.5. The minimum Gasteiger partial charge on any atom is -0.385 e. The lowest BCUT2D eigenvalue weighted by Gasteiger charge is -2.58. The Labute approximate surface area is 257 Å². The predicted molar refractivity (Wildman–Crippen MR) is 168 cm³/mol. The summed E-state index contributed by atoms with van der Waals surface area (Å²) in [5.41, 5.74) is 5.16. The Morgan fingerprint density at radius 3 is 2.65 bits per heavy atom. The van der Waals surface area contributed by atoms with E-state index in [2.05, 4.69) is 58.1 Å². The molecule has 43 heavy (non-hydrogen) atoms. The summed E-state index contributed by atoms with van der Waals surface area (Å²) in [5, 5.41) is 14.8. The van der Waals surface area contributed by atoms with E-state index < -0.39 is 0 Å². The van der Waals surface area contributed by atoms with Crippen LogP contribution in [0.4, 0.5) is 5.82 Å². The molecule has 1 N–H and O–H groups in total. The third-order valence-electron chi connectivity index (χ3n) is 10.5. The Bertz CT molecular complexity index is 1560. The van der Waals surface area contributed by atoms with Gasteiger partial charge in [-0.15, -0.1) is 0 Å². The summed E-state index contributed by atoms with van der Waals surface area (Å²) in [5.74, 6) is 1.00. The Morgan fingerprint density at radius 1 is 1.21 bits per heavy atom. The van der Waals surface area contributed by atoms with Crippen LogP contribution in [-0.2, 0) is 14.3 Å². The molecule has 11 heteroatoms. The van der Waals surface area contributed by atoms with Gasteiger partial charge < -0.3 is 19.3 Å². The quantitative estimate of drug-likeness (QED) is 0.381. The van der Waals surface area contributed by atoms with E-state index in [1.807, 2.05) is 11.1 Å². The lowest BCUT2D eigenvalue weighted by molar-refractivity contribution is -0.149. The first-order chi connectivity index (χ1) is 20.7. The van der Waals surface area contributed by atoms with Crippen LogP contribution in [0.15, 0.2) is 24.9 Å². The highest BCUT2D eigenvalue weighted by Gasteiger charge is 2.55. The number of likely N-dealkylation sites (tertiary alicyclic amines) is 1. The first-order valence-electron chi connectivity index (χ1n) is 15.4. The van der Waals surface area contributed by atoms with Crippen LogP contribution in [0.5, 0.6) is 0 Å². The maximum atomic E-state index is 12.1. The molecule has 1 spiro atoms. The summed E-state index contributed by atoms with van der Waals surface area (Å²) in [6, 6.07) is 2.81. The van der Waals surface area contributed by atoms with Crippen LogP contribution in [0, 0.1) is 19.3 Å². The second-order valence-corrected chi connectivity index (χ2v) is 13.8. The van der Waals surface area contributed by atoms with Crippen molar-refractivity contribution in [1.82, 2.24) is 29.8 Å². The molecule has 1 saturated carbocycles. The van der Waals surface area contributed by atoms with Crippen LogP contribution in [-0.4, -0.2) is 107 Å². The molecular formula is C32H42ClN7O3. The molecule has 10 nitrogen and oxygen atoms in total. The van der Waals surface area contributed by atoms with E-state index in [-0.39, 0.29) is 22.9 Å². The van der Waals surface area contributed by atoms with Crippen molar-refractivity contribution in [2.24, 2.45) is 5.41 Å². The number of carbonyl (C=O) groups excluding carboxylic acids is 1. The first kappa shape index (κ1) is 28.8. The summed E-state index contributed by atoms with van der Waals surface area (Å²) in [7, 11) is 1.77. The molecule has 0 unspecified atom stereocenters. The van der Waals surface area contributed by atoms with Gasteiger partial charge in [0.2, 0.25) is 5.91 Å². The molecule has 3 saturated heterocycles. The van der Waals surface area contributed by atoms with E-state index >= 15 is 0 Å². The van der Waals surface area contributed by atoms with E-state index in [1.54, 1.807) is 7.11 Å². The molecule has 4 fully saturated rings. The second kappa shape index (κ2) is 10.6. The highest BCUT2D eigenvalue weighted by atomic mass is 35.5. The van der Waals surface area contributed by atoms with Gasteiger partial charge in [0.25, 0.3) is 0 Å². The van der Waals surface area contributed by atoms with Crippen LogP contribution < -0.4 is 4.90 Å². The fraction of sp³-hybridized carbons (Fsp3) is 0.594. The minimum absolute atomic E-state index is 0.0232. The number of rotatable bonds is 8. The van der Waals surface area contributed by atoms with Gasteiger partial charge in [0.05, 0.1) is 47.6 Å². The number of hydrogen-bond acceptors (Lipinski definition) is 7. The third-order valence-corrected chi connectivity index (χ3v) is 11.0. The van der Waals surface area contributed by atoms with Crippen LogP contribution in [0.25, 0.3) is 22.0 Å². The van der Waals surface area contributed by atoms with Crippen molar-refractivity contribution < 1.29 is 14.3 Å². The number of methoxy groups -OCH3 is 1. The van der Waals surface area contributed by atoms with E-state index in [0.29, 0.717) is 12.6 Å². The Balaban J connectivity index is 1.31. The Hall–Kier alpha value is -2.92. The number of halogens is 1. The van der Waals surface area contributed by atoms with Gasteiger partial charge in [-0.3, -0.25) is 19.5 Å². The highest BCUT2D eigenvalue weighted by molar-refractivity contribution is 6.36. The molecule has 1 aromatic carbocycles. The van der Waals surface area contributed by atoms with Crippen molar-refractivity contribution in [2.75, 3.05) is 64.6 Å². The summed E-state index contributed by atoms with van der Waals surface area (Å²) in [6.07, 6.45) is 6.19. The van der Waals surface area contributed by atoms with E-state index in [1.165, 1.54) is 6.08 Å². The van der Waals surface area contributed by atoms with Crippen molar-refractivity contribution in [1.29, 1.82) is 0 Å². The van der Waals surface area contributed by atoms with Crippen LogP contribution in [0.1, 0.15) is 43.5 Å². The largest absolute Gasteiger partial charge is 0.385 e. The van der Waals surface area contributed by atoms with Gasteiger partial charge in [0.15, 0.2) is 5.82 Å². The number of H-pyrrole nitrogens is 1. The average molecular weight is 608 g/mol. The number of nitrogens with zero attached hydrogens (tertiary/aromatic N) is 6. The maximum absolute atomic E-state index is 12.1. The molecule has 230 valence electrons. The third kappa shape index (κ3) is 4.60. The van der Waals surface area contributed by atoms with Gasteiger partial charge in [-0.1, -0.05) is 18.2 Å². The summed E-state index contributed by atoms with van der Waals surface area (Å²) in [4.78, 5) is 19.1. The molecule has 3 aliphatic heterocycles. The molecule has 3 aromatic rings. The zero-order valence-corrected chi connectivity index (χ0v) is 26.4. The van der Waals surface area contributed by atoms with E-state index in [4.69, 9.17) is 26.2 Å². The molecule has 5 heterocycles. The predicted octanol–water partition coefficient (Wildman–Crippen LogP) is 4.36. The average Bonchev–Trinajstić information content (AvgIpc) is 3.50. The van der Waals surface area contributed by atoms with Crippen molar-refractivity contribution in [3.8, 4) is 11.1 Å². The minimum atomic E-state index is -0.198. The maximum Gasteiger partial charge on any atom is 0.245 e. The molecular weight excluding hydrogens is 566 g/mol. The topological polar surface area (TPSA) is 91.8 Å². The summed E-state index contributed by atoms with van der Waals surface area (Å²) in [6.45, 7) is 16.8. The number of amides is 1. The fourth-order valence-electron chi connectivity index (χ4n) is 7.95. The summed E-state index contributed by atoms with van der Waals surface area (Å²) < 4.78 is 13.4. The molecule has 2 aromatic heterocycles. The number of aromatic amines is 1. The number of piperazine rings is 1. The monoisotopic (exact) mass is 607 g/mol. The number of ether oxygens (including phenoxy) is 2. The lowest BCUT2D eigenvalue weighted by atomic mass is 9.60.